The molecule has 1 aromatic heterocycles. The van der Waals surface area contributed by atoms with Crippen molar-refractivity contribution in [1.82, 2.24) is 15.1 Å². The Bertz CT molecular complexity index is 420. The lowest BCUT2D eigenvalue weighted by atomic mass is 10.1. The number of rotatable bonds is 2. The number of aromatic nitrogens is 2. The topological polar surface area (TPSA) is 78.5 Å². The van der Waals surface area contributed by atoms with E-state index in [4.69, 9.17) is 4.74 Å². The van der Waals surface area contributed by atoms with Gasteiger partial charge in [-0.1, -0.05) is 0 Å². The zero-order valence-corrected chi connectivity index (χ0v) is 10.1. The van der Waals surface area contributed by atoms with Crippen LogP contribution >= 0.6 is 0 Å². The Morgan fingerprint density at radius 2 is 2.50 bits per heavy atom. The normalized spacial score (nSPS) is 31.4. The number of H-pyrrole nitrogens is 1. The Labute approximate surface area is 105 Å². The summed E-state index contributed by atoms with van der Waals surface area (Å²) in [6, 6.07) is 0.0956. The van der Waals surface area contributed by atoms with Crippen LogP contribution in [-0.4, -0.2) is 58.0 Å². The van der Waals surface area contributed by atoms with Gasteiger partial charge in [-0.2, -0.15) is 5.10 Å². The molecule has 0 aromatic carbocycles. The zero-order valence-electron chi connectivity index (χ0n) is 10.1. The fourth-order valence-electron chi connectivity index (χ4n) is 2.99. The third-order valence-corrected chi connectivity index (χ3v) is 3.90. The van der Waals surface area contributed by atoms with Gasteiger partial charge in [-0.3, -0.25) is 9.89 Å². The molecule has 2 aliphatic rings. The molecule has 6 nitrogen and oxygen atoms in total. The van der Waals surface area contributed by atoms with E-state index in [1.165, 1.54) is 0 Å². The van der Waals surface area contributed by atoms with E-state index in [1.54, 1.807) is 12.4 Å². The predicted molar refractivity (Wildman–Crippen MR) is 63.0 cm³/mol. The molecule has 2 N–H and O–H groups in total. The van der Waals surface area contributed by atoms with Crippen LogP contribution in [0, 0.1) is 5.92 Å². The highest BCUT2D eigenvalue weighted by atomic mass is 16.5. The van der Waals surface area contributed by atoms with Gasteiger partial charge in [0.1, 0.15) is 0 Å². The number of amides is 1. The van der Waals surface area contributed by atoms with Gasteiger partial charge in [0.2, 0.25) is 0 Å². The Hall–Kier alpha value is -1.40. The van der Waals surface area contributed by atoms with Gasteiger partial charge in [0, 0.05) is 19.3 Å². The first-order chi connectivity index (χ1) is 8.79. The maximum Gasteiger partial charge on any atom is 0.257 e. The molecule has 0 bridgehead atoms. The van der Waals surface area contributed by atoms with Crippen molar-refractivity contribution < 1.29 is 14.6 Å². The fraction of sp³-hybridized carbons (Fsp3) is 0.667. The molecule has 18 heavy (non-hydrogen) atoms. The van der Waals surface area contributed by atoms with E-state index < -0.39 is 0 Å². The van der Waals surface area contributed by atoms with Gasteiger partial charge >= 0.3 is 0 Å². The first-order valence-electron chi connectivity index (χ1n) is 6.32. The van der Waals surface area contributed by atoms with Crippen LogP contribution in [0.4, 0.5) is 0 Å². The average molecular weight is 251 g/mol. The van der Waals surface area contributed by atoms with Crippen LogP contribution < -0.4 is 0 Å². The summed E-state index contributed by atoms with van der Waals surface area (Å²) in [6.07, 6.45) is 4.91. The summed E-state index contributed by atoms with van der Waals surface area (Å²) in [5.41, 5.74) is 0.586. The van der Waals surface area contributed by atoms with E-state index in [0.717, 1.165) is 12.8 Å². The Morgan fingerprint density at radius 3 is 3.22 bits per heavy atom. The molecule has 1 aliphatic carbocycles. The summed E-state index contributed by atoms with van der Waals surface area (Å²) < 4.78 is 5.70. The van der Waals surface area contributed by atoms with Crippen molar-refractivity contribution in [2.24, 2.45) is 5.92 Å². The number of aromatic amines is 1. The molecule has 0 radical (unpaired) electrons. The number of carbonyl (C=O) groups excluding carboxylic acids is 1. The lowest BCUT2D eigenvalue weighted by Crippen LogP contribution is -2.51. The lowest BCUT2D eigenvalue weighted by molar-refractivity contribution is -0.0448. The van der Waals surface area contributed by atoms with Crippen molar-refractivity contribution in [2.45, 2.75) is 25.0 Å². The van der Waals surface area contributed by atoms with Crippen LogP contribution in [0.15, 0.2) is 12.4 Å². The number of morpholine rings is 1. The predicted octanol–water partition coefficient (Wildman–Crippen LogP) is 0.0216. The molecule has 1 aliphatic heterocycles. The van der Waals surface area contributed by atoms with Crippen molar-refractivity contribution in [3.8, 4) is 0 Å². The maximum absolute atomic E-state index is 12.3. The van der Waals surface area contributed by atoms with Gasteiger partial charge in [-0.05, 0) is 18.8 Å². The van der Waals surface area contributed by atoms with Crippen LogP contribution in [0.1, 0.15) is 23.2 Å². The van der Waals surface area contributed by atoms with Crippen molar-refractivity contribution >= 4 is 5.91 Å². The Kier molecular flexibility index (Phi) is 3.05. The summed E-state index contributed by atoms with van der Waals surface area (Å²) in [6.45, 7) is 1.36. The number of ether oxygens (including phenoxy) is 1. The summed E-state index contributed by atoms with van der Waals surface area (Å²) in [4.78, 5) is 14.2. The molecular formula is C12H17N3O3. The zero-order chi connectivity index (χ0) is 12.5. The summed E-state index contributed by atoms with van der Waals surface area (Å²) >= 11 is 0. The van der Waals surface area contributed by atoms with Crippen LogP contribution in [0.2, 0.25) is 0 Å². The van der Waals surface area contributed by atoms with Crippen LogP contribution in [-0.2, 0) is 4.74 Å². The minimum Gasteiger partial charge on any atom is -0.396 e. The van der Waals surface area contributed by atoms with Gasteiger partial charge in [-0.15, -0.1) is 0 Å². The number of nitrogens with zero attached hydrogens (tertiary/aromatic N) is 2. The molecule has 0 spiro atoms. The van der Waals surface area contributed by atoms with E-state index in [1.807, 2.05) is 4.90 Å². The fourth-order valence-corrected chi connectivity index (χ4v) is 2.99. The largest absolute Gasteiger partial charge is 0.396 e. The van der Waals surface area contributed by atoms with Gasteiger partial charge in [-0.25, -0.2) is 0 Å². The van der Waals surface area contributed by atoms with Crippen LogP contribution in [0.5, 0.6) is 0 Å². The second-order valence-corrected chi connectivity index (χ2v) is 4.98. The van der Waals surface area contributed by atoms with E-state index in [-0.39, 0.29) is 30.6 Å². The van der Waals surface area contributed by atoms with E-state index in [2.05, 4.69) is 10.2 Å². The van der Waals surface area contributed by atoms with Gasteiger partial charge < -0.3 is 14.7 Å². The monoisotopic (exact) mass is 251 g/mol. The quantitative estimate of drug-likeness (QED) is 0.777. The lowest BCUT2D eigenvalue weighted by Gasteiger charge is -2.37. The highest BCUT2D eigenvalue weighted by molar-refractivity contribution is 5.94. The van der Waals surface area contributed by atoms with Gasteiger partial charge in [0.05, 0.1) is 30.5 Å². The van der Waals surface area contributed by atoms with Gasteiger partial charge in [0.25, 0.3) is 5.91 Å². The number of nitrogens with one attached hydrogen (secondary N) is 1. The molecule has 6 heteroatoms. The minimum atomic E-state index is 0.000592. The van der Waals surface area contributed by atoms with Crippen molar-refractivity contribution in [3.05, 3.63) is 18.0 Å². The smallest absolute Gasteiger partial charge is 0.257 e. The summed E-state index contributed by atoms with van der Waals surface area (Å²) in [7, 11) is 0. The van der Waals surface area contributed by atoms with Crippen LogP contribution in [0.3, 0.4) is 0 Å². The number of hydrogen-bond donors (Lipinski definition) is 2. The first-order valence-corrected chi connectivity index (χ1v) is 6.32. The number of carbonyl (C=O) groups is 1. The molecule has 3 rings (SSSR count). The summed E-state index contributed by atoms with van der Waals surface area (Å²) in [5.74, 6) is 0.249. The summed E-state index contributed by atoms with van der Waals surface area (Å²) in [5, 5.41) is 15.7. The van der Waals surface area contributed by atoms with E-state index in [0.29, 0.717) is 18.7 Å². The molecule has 1 saturated carbocycles. The maximum atomic E-state index is 12.3. The Balaban J connectivity index is 1.77. The first kappa shape index (κ1) is 11.7. The van der Waals surface area contributed by atoms with Crippen LogP contribution in [0.25, 0.3) is 0 Å². The highest BCUT2D eigenvalue weighted by Gasteiger charge is 2.42. The molecule has 1 saturated heterocycles. The molecule has 2 heterocycles. The highest BCUT2D eigenvalue weighted by Crippen LogP contribution is 2.34. The Morgan fingerprint density at radius 1 is 1.61 bits per heavy atom. The standard InChI is InChI=1S/C12H17N3O3/c16-7-8-3-10-11(4-8)18-2-1-15(10)12(17)9-5-13-14-6-9/h5-6,8,10-11,16H,1-4,7H2,(H,13,14)/t8-,10+,11+/m1/s1. The number of hydrogen-bond acceptors (Lipinski definition) is 4. The second kappa shape index (κ2) is 4.70. The third kappa shape index (κ3) is 1.91. The SMILES string of the molecule is O=C(c1cn[nH]c1)N1CCO[C@H]2C[C@H](CO)C[C@@H]21. The van der Waals surface area contributed by atoms with E-state index in [9.17, 15) is 9.90 Å². The molecule has 2 fully saturated rings. The molecule has 0 unspecified atom stereocenters. The average Bonchev–Trinajstić information content (AvgIpc) is 3.05. The molecule has 98 valence electrons. The second-order valence-electron chi connectivity index (χ2n) is 4.98. The third-order valence-electron chi connectivity index (χ3n) is 3.90. The number of aliphatic hydroxyl groups excluding tert-OH is 1. The van der Waals surface area contributed by atoms with Gasteiger partial charge in [0.15, 0.2) is 0 Å². The molecular weight excluding hydrogens is 234 g/mol. The molecule has 1 aromatic rings. The van der Waals surface area contributed by atoms with Crippen molar-refractivity contribution in [1.29, 1.82) is 0 Å². The van der Waals surface area contributed by atoms with Crippen molar-refractivity contribution in [3.63, 3.8) is 0 Å². The number of aliphatic hydroxyl groups is 1. The number of fused-ring (bicyclic) bond motifs is 1. The minimum absolute atomic E-state index is 0.000592. The molecule has 1 amide bonds. The van der Waals surface area contributed by atoms with Crippen molar-refractivity contribution in [2.75, 3.05) is 19.8 Å². The van der Waals surface area contributed by atoms with E-state index >= 15 is 0 Å². The molecule has 3 atom stereocenters.